The molecule has 1 atom stereocenters. The molecule has 28 heavy (non-hydrogen) atoms. The fraction of sp³-hybridized carbons (Fsp3) is 0.778. The fourth-order valence-electron chi connectivity index (χ4n) is 2.48. The van der Waals surface area contributed by atoms with E-state index < -0.39 is 5.60 Å². The summed E-state index contributed by atoms with van der Waals surface area (Å²) < 4.78 is 7.23. The van der Waals surface area contributed by atoms with Gasteiger partial charge in [0, 0.05) is 33.7 Å². The van der Waals surface area contributed by atoms with Gasteiger partial charge in [-0.15, -0.1) is 34.2 Å². The lowest BCUT2D eigenvalue weighted by Crippen LogP contribution is -2.45. The van der Waals surface area contributed by atoms with E-state index in [1.54, 1.807) is 13.4 Å². The summed E-state index contributed by atoms with van der Waals surface area (Å²) in [6, 6.07) is 0.0131. The van der Waals surface area contributed by atoms with Gasteiger partial charge in [0.2, 0.25) is 0 Å². The van der Waals surface area contributed by atoms with Crippen LogP contribution in [0.25, 0.3) is 0 Å². The van der Waals surface area contributed by atoms with Gasteiger partial charge >= 0.3 is 6.09 Å². The maximum absolute atomic E-state index is 12.1. The van der Waals surface area contributed by atoms with Gasteiger partial charge in [0.05, 0.1) is 6.54 Å². The van der Waals surface area contributed by atoms with Crippen LogP contribution in [0.5, 0.6) is 0 Å². The van der Waals surface area contributed by atoms with Crippen molar-refractivity contribution in [2.24, 2.45) is 18.0 Å². The van der Waals surface area contributed by atoms with Gasteiger partial charge in [-0.05, 0) is 33.1 Å². The molecule has 162 valence electrons. The Labute approximate surface area is 185 Å². The number of rotatable bonds is 7. The number of hydrogen-bond acceptors (Lipinski definition) is 5. The Bertz CT molecular complexity index is 626. The highest BCUT2D eigenvalue weighted by atomic mass is 127. The highest BCUT2D eigenvalue weighted by Gasteiger charge is 2.22. The minimum Gasteiger partial charge on any atom is -0.444 e. The molecule has 1 heterocycles. The van der Waals surface area contributed by atoms with E-state index in [4.69, 9.17) is 4.74 Å². The maximum Gasteiger partial charge on any atom is 0.407 e. The molecule has 0 aliphatic carbocycles. The first-order valence-electron chi connectivity index (χ1n) is 9.27. The second kappa shape index (κ2) is 12.1. The maximum atomic E-state index is 12.1. The number of nitrogens with one attached hydrogen (secondary N) is 2. The van der Waals surface area contributed by atoms with Gasteiger partial charge in [-0.1, -0.05) is 13.8 Å². The highest BCUT2D eigenvalue weighted by molar-refractivity contribution is 14.0. The van der Waals surface area contributed by atoms with Crippen LogP contribution in [0.4, 0.5) is 4.79 Å². The lowest BCUT2D eigenvalue weighted by Gasteiger charge is -2.28. The number of aliphatic imine (C=N–C) groups is 1. The number of carbonyl (C=O) groups is 1. The summed E-state index contributed by atoms with van der Waals surface area (Å²) in [6.07, 6.45) is 2.06. The third kappa shape index (κ3) is 9.56. The molecule has 0 saturated heterocycles. The molecule has 0 aliphatic heterocycles. The van der Waals surface area contributed by atoms with Crippen molar-refractivity contribution in [3.8, 4) is 0 Å². The Balaban J connectivity index is 0.00000729. The molecule has 0 radical (unpaired) electrons. The van der Waals surface area contributed by atoms with Gasteiger partial charge in [-0.25, -0.2) is 4.79 Å². The number of amides is 1. The predicted molar refractivity (Wildman–Crippen MR) is 122 cm³/mol. The zero-order valence-corrected chi connectivity index (χ0v) is 20.6. The Hall–Kier alpha value is -1.59. The first kappa shape index (κ1) is 26.4. The molecule has 9 nitrogen and oxygen atoms in total. The molecule has 0 bridgehead atoms. The van der Waals surface area contributed by atoms with Gasteiger partial charge in [-0.2, -0.15) is 0 Å². The van der Waals surface area contributed by atoms with Crippen LogP contribution in [0.15, 0.2) is 11.3 Å². The number of aryl methyl sites for hydroxylation is 1. The van der Waals surface area contributed by atoms with Gasteiger partial charge in [0.15, 0.2) is 11.8 Å². The molecule has 10 heteroatoms. The van der Waals surface area contributed by atoms with Gasteiger partial charge in [0.1, 0.15) is 11.9 Å². The average Bonchev–Trinajstić information content (AvgIpc) is 2.95. The Morgan fingerprint density at radius 1 is 1.39 bits per heavy atom. The number of alkyl carbamates (subject to hydrolysis) is 1. The molecular formula is C18H36IN7O2. The third-order valence-electron chi connectivity index (χ3n) is 4.07. The second-order valence-electron chi connectivity index (χ2n) is 7.97. The number of carbonyl (C=O) groups excluding carboxylic acids is 1. The van der Waals surface area contributed by atoms with Crippen molar-refractivity contribution in [3.63, 3.8) is 0 Å². The fourth-order valence-corrected chi connectivity index (χ4v) is 2.48. The Kier molecular flexibility index (Phi) is 11.4. The minimum atomic E-state index is -0.506. The van der Waals surface area contributed by atoms with Crippen LogP contribution in [0, 0.1) is 5.92 Å². The van der Waals surface area contributed by atoms with Gasteiger partial charge in [0.25, 0.3) is 0 Å². The van der Waals surface area contributed by atoms with E-state index in [2.05, 4.69) is 39.7 Å². The molecule has 0 aromatic carbocycles. The number of guanidine groups is 1. The smallest absolute Gasteiger partial charge is 0.407 e. The zero-order chi connectivity index (χ0) is 20.6. The summed E-state index contributed by atoms with van der Waals surface area (Å²) in [5.74, 6) is 1.88. The van der Waals surface area contributed by atoms with E-state index >= 15 is 0 Å². The van der Waals surface area contributed by atoms with E-state index in [0.717, 1.165) is 24.7 Å². The molecule has 0 fully saturated rings. The lowest BCUT2D eigenvalue weighted by atomic mass is 10.0. The third-order valence-corrected chi connectivity index (χ3v) is 4.07. The summed E-state index contributed by atoms with van der Waals surface area (Å²) in [4.78, 5) is 18.4. The minimum absolute atomic E-state index is 0. The molecule has 1 rings (SSSR count). The summed E-state index contributed by atoms with van der Waals surface area (Å²) in [7, 11) is 5.62. The van der Waals surface area contributed by atoms with E-state index in [0.29, 0.717) is 12.5 Å². The number of hydrogen-bond donors (Lipinski definition) is 2. The molecule has 0 spiro atoms. The van der Waals surface area contributed by atoms with Crippen molar-refractivity contribution in [1.29, 1.82) is 0 Å². The van der Waals surface area contributed by atoms with Crippen molar-refractivity contribution in [1.82, 2.24) is 30.3 Å². The lowest BCUT2D eigenvalue weighted by molar-refractivity contribution is 0.0486. The number of halogens is 1. The standard InChI is InChI=1S/C18H35N7O2.HI/c1-13(2)14(22-17(26)27-18(3,4)5)9-10-24(7)16(19-6)20-11-15-23-21-12-25(15)8;/h12-14H,9-11H2,1-8H3,(H,19,20)(H,22,26);1H. The highest BCUT2D eigenvalue weighted by Crippen LogP contribution is 2.11. The molecule has 1 aromatic heterocycles. The van der Waals surface area contributed by atoms with Crippen molar-refractivity contribution < 1.29 is 9.53 Å². The zero-order valence-electron chi connectivity index (χ0n) is 18.3. The first-order valence-corrected chi connectivity index (χ1v) is 9.27. The predicted octanol–water partition coefficient (Wildman–Crippen LogP) is 2.38. The molecule has 0 saturated carbocycles. The number of aromatic nitrogens is 3. The van der Waals surface area contributed by atoms with Crippen LogP contribution in [-0.4, -0.2) is 64.0 Å². The first-order chi connectivity index (χ1) is 12.5. The molecule has 1 unspecified atom stereocenters. The molecule has 0 aliphatic rings. The van der Waals surface area contributed by atoms with Crippen LogP contribution >= 0.6 is 24.0 Å². The average molecular weight is 509 g/mol. The SMILES string of the molecule is CN=C(NCc1nncn1C)N(C)CCC(NC(=O)OC(C)(C)C)C(C)C.I. The molecule has 2 N–H and O–H groups in total. The van der Waals surface area contributed by atoms with Crippen LogP contribution in [0.3, 0.4) is 0 Å². The van der Waals surface area contributed by atoms with Crippen LogP contribution in [-0.2, 0) is 18.3 Å². The summed E-state index contributed by atoms with van der Waals surface area (Å²) in [6.45, 7) is 11.0. The van der Waals surface area contributed by atoms with E-state index in [-0.39, 0.29) is 36.1 Å². The van der Waals surface area contributed by atoms with E-state index in [1.807, 2.05) is 44.3 Å². The normalized spacial score (nSPS) is 13.0. The second-order valence-corrected chi connectivity index (χ2v) is 7.97. The van der Waals surface area contributed by atoms with Crippen molar-refractivity contribution in [3.05, 3.63) is 12.2 Å². The van der Waals surface area contributed by atoms with E-state index in [9.17, 15) is 4.79 Å². The summed E-state index contributed by atoms with van der Waals surface area (Å²) in [5.41, 5.74) is -0.506. The monoisotopic (exact) mass is 509 g/mol. The van der Waals surface area contributed by atoms with Crippen LogP contribution in [0.2, 0.25) is 0 Å². The summed E-state index contributed by atoms with van der Waals surface area (Å²) >= 11 is 0. The van der Waals surface area contributed by atoms with Crippen molar-refractivity contribution in [2.75, 3.05) is 20.6 Å². The number of ether oxygens (including phenoxy) is 1. The van der Waals surface area contributed by atoms with Gasteiger partial charge in [-0.3, -0.25) is 4.99 Å². The van der Waals surface area contributed by atoms with Crippen LogP contribution < -0.4 is 10.6 Å². The van der Waals surface area contributed by atoms with Crippen LogP contribution in [0.1, 0.15) is 46.9 Å². The van der Waals surface area contributed by atoms with E-state index in [1.165, 1.54) is 0 Å². The molecule has 1 aromatic rings. The quantitative estimate of drug-likeness (QED) is 0.333. The Morgan fingerprint density at radius 3 is 2.50 bits per heavy atom. The topological polar surface area (TPSA) is 96.7 Å². The molecular weight excluding hydrogens is 473 g/mol. The molecule has 1 amide bonds. The Morgan fingerprint density at radius 2 is 2.04 bits per heavy atom. The largest absolute Gasteiger partial charge is 0.444 e. The summed E-state index contributed by atoms with van der Waals surface area (Å²) in [5, 5.41) is 14.2. The number of nitrogens with zero attached hydrogens (tertiary/aromatic N) is 5. The van der Waals surface area contributed by atoms with Crippen molar-refractivity contribution >= 4 is 36.0 Å². The van der Waals surface area contributed by atoms with Gasteiger partial charge < -0.3 is 24.8 Å². The van der Waals surface area contributed by atoms with Crippen molar-refractivity contribution in [2.45, 2.75) is 59.2 Å².